The Bertz CT molecular complexity index is 487. The Labute approximate surface area is 96.1 Å². The number of nitrogens with two attached hydrogens (primary N) is 1. The zero-order valence-corrected chi connectivity index (χ0v) is 9.70. The molecule has 0 bridgehead atoms. The van der Waals surface area contributed by atoms with Crippen molar-refractivity contribution in [2.24, 2.45) is 5.73 Å². The first kappa shape index (κ1) is 10.8. The lowest BCUT2D eigenvalue weighted by Crippen LogP contribution is -1.99. The first-order valence-electron chi connectivity index (χ1n) is 5.44. The molecular formula is C14H16N2. The molecule has 0 aliphatic heterocycles. The van der Waals surface area contributed by atoms with E-state index in [4.69, 9.17) is 5.73 Å². The number of hydrogen-bond donors (Lipinski definition) is 1. The number of aryl methyl sites for hydroxylation is 1. The van der Waals surface area contributed by atoms with E-state index in [1.54, 1.807) is 0 Å². The number of rotatable bonds is 2. The molecule has 0 fully saturated rings. The van der Waals surface area contributed by atoms with Gasteiger partial charge in [0, 0.05) is 18.3 Å². The lowest BCUT2D eigenvalue weighted by Gasteiger charge is -2.08. The third-order valence-electron chi connectivity index (χ3n) is 2.95. The van der Waals surface area contributed by atoms with Crippen molar-refractivity contribution < 1.29 is 0 Å². The predicted octanol–water partition coefficient (Wildman–Crippen LogP) is 2.82. The summed E-state index contributed by atoms with van der Waals surface area (Å²) < 4.78 is 0. The van der Waals surface area contributed by atoms with Gasteiger partial charge in [-0.2, -0.15) is 0 Å². The van der Waals surface area contributed by atoms with Gasteiger partial charge < -0.3 is 5.73 Å². The summed E-state index contributed by atoms with van der Waals surface area (Å²) in [6.45, 7) is 4.76. The Morgan fingerprint density at radius 3 is 2.56 bits per heavy atom. The van der Waals surface area contributed by atoms with Crippen LogP contribution in [0.3, 0.4) is 0 Å². The van der Waals surface area contributed by atoms with Crippen molar-refractivity contribution in [2.45, 2.75) is 20.4 Å². The molecule has 1 aromatic heterocycles. The van der Waals surface area contributed by atoms with Crippen LogP contribution < -0.4 is 5.73 Å². The topological polar surface area (TPSA) is 38.9 Å². The second-order valence-corrected chi connectivity index (χ2v) is 3.99. The first-order valence-corrected chi connectivity index (χ1v) is 5.44. The van der Waals surface area contributed by atoms with Gasteiger partial charge in [-0.25, -0.2) is 0 Å². The third kappa shape index (κ3) is 1.97. The molecule has 82 valence electrons. The molecule has 16 heavy (non-hydrogen) atoms. The van der Waals surface area contributed by atoms with E-state index in [1.165, 1.54) is 16.7 Å². The van der Waals surface area contributed by atoms with E-state index in [1.807, 2.05) is 12.3 Å². The molecule has 2 heteroatoms. The van der Waals surface area contributed by atoms with Crippen molar-refractivity contribution in [3.63, 3.8) is 0 Å². The Kier molecular flexibility index (Phi) is 3.02. The average Bonchev–Trinajstić information content (AvgIpc) is 2.33. The summed E-state index contributed by atoms with van der Waals surface area (Å²) in [5.74, 6) is 0. The van der Waals surface area contributed by atoms with E-state index in [-0.39, 0.29) is 0 Å². The Hall–Kier alpha value is -1.67. The maximum atomic E-state index is 5.53. The fourth-order valence-electron chi connectivity index (χ4n) is 1.77. The predicted molar refractivity (Wildman–Crippen MR) is 67.0 cm³/mol. The zero-order chi connectivity index (χ0) is 11.5. The van der Waals surface area contributed by atoms with Crippen LogP contribution in [-0.4, -0.2) is 4.98 Å². The maximum Gasteiger partial charge on any atom is 0.0539 e. The highest BCUT2D eigenvalue weighted by Gasteiger charge is 2.03. The van der Waals surface area contributed by atoms with Crippen molar-refractivity contribution in [1.82, 2.24) is 4.98 Å². The lowest BCUT2D eigenvalue weighted by atomic mass is 9.98. The van der Waals surface area contributed by atoms with Crippen LogP contribution >= 0.6 is 0 Å². The highest BCUT2D eigenvalue weighted by molar-refractivity contribution is 5.67. The molecule has 0 unspecified atom stereocenters. The molecule has 0 saturated heterocycles. The Morgan fingerprint density at radius 2 is 1.94 bits per heavy atom. The second kappa shape index (κ2) is 4.45. The molecule has 2 nitrogen and oxygen atoms in total. The summed E-state index contributed by atoms with van der Waals surface area (Å²) in [5.41, 5.74) is 11.5. The highest BCUT2D eigenvalue weighted by atomic mass is 14.7. The average molecular weight is 212 g/mol. The number of aromatic nitrogens is 1. The van der Waals surface area contributed by atoms with Crippen LogP contribution in [0, 0.1) is 13.8 Å². The number of pyridine rings is 1. The lowest BCUT2D eigenvalue weighted by molar-refractivity contribution is 0.991. The van der Waals surface area contributed by atoms with Gasteiger partial charge in [-0.05, 0) is 36.6 Å². The highest BCUT2D eigenvalue weighted by Crippen LogP contribution is 2.24. The van der Waals surface area contributed by atoms with Crippen molar-refractivity contribution in [3.8, 4) is 11.1 Å². The summed E-state index contributed by atoms with van der Waals surface area (Å²) in [4.78, 5) is 4.32. The van der Waals surface area contributed by atoms with E-state index in [0.29, 0.717) is 6.54 Å². The first-order chi connectivity index (χ1) is 7.72. The van der Waals surface area contributed by atoms with E-state index in [0.717, 1.165) is 11.3 Å². The molecule has 2 N–H and O–H groups in total. The van der Waals surface area contributed by atoms with Gasteiger partial charge >= 0.3 is 0 Å². The van der Waals surface area contributed by atoms with Gasteiger partial charge in [0.15, 0.2) is 0 Å². The Morgan fingerprint density at radius 1 is 1.12 bits per heavy atom. The largest absolute Gasteiger partial charge is 0.325 e. The fourth-order valence-corrected chi connectivity index (χ4v) is 1.77. The zero-order valence-electron chi connectivity index (χ0n) is 9.70. The summed E-state index contributed by atoms with van der Waals surface area (Å²) in [6.07, 6.45) is 1.89. The van der Waals surface area contributed by atoms with Gasteiger partial charge in [0.2, 0.25) is 0 Å². The quantitative estimate of drug-likeness (QED) is 0.831. The van der Waals surface area contributed by atoms with Gasteiger partial charge in [0.1, 0.15) is 0 Å². The van der Waals surface area contributed by atoms with Crippen LogP contribution in [-0.2, 0) is 6.54 Å². The molecule has 0 aliphatic carbocycles. The molecule has 0 spiro atoms. The number of nitrogens with zero attached hydrogens (tertiary/aromatic N) is 1. The third-order valence-corrected chi connectivity index (χ3v) is 2.95. The van der Waals surface area contributed by atoms with E-state index in [2.05, 4.69) is 43.1 Å². The Balaban J connectivity index is 2.46. The fraction of sp³-hybridized carbons (Fsp3) is 0.214. The number of benzene rings is 1. The summed E-state index contributed by atoms with van der Waals surface area (Å²) in [5, 5.41) is 0. The van der Waals surface area contributed by atoms with Crippen LogP contribution in [0.15, 0.2) is 36.5 Å². The SMILES string of the molecule is Cc1cccc(-c2ccc(CN)nc2)c1C. The molecule has 2 rings (SSSR count). The molecule has 0 saturated carbocycles. The summed E-state index contributed by atoms with van der Waals surface area (Å²) >= 11 is 0. The molecule has 2 aromatic rings. The standard InChI is InChI=1S/C14H16N2/c1-10-4-3-5-14(11(10)2)12-6-7-13(8-15)16-9-12/h3-7,9H,8,15H2,1-2H3. The minimum atomic E-state index is 0.493. The molecule has 0 aliphatic rings. The molecular weight excluding hydrogens is 196 g/mol. The second-order valence-electron chi connectivity index (χ2n) is 3.99. The van der Waals surface area contributed by atoms with E-state index in [9.17, 15) is 0 Å². The van der Waals surface area contributed by atoms with Gasteiger partial charge in [0.25, 0.3) is 0 Å². The summed E-state index contributed by atoms with van der Waals surface area (Å²) in [6, 6.07) is 10.4. The van der Waals surface area contributed by atoms with Crippen molar-refractivity contribution >= 4 is 0 Å². The molecule has 1 heterocycles. The molecule has 0 radical (unpaired) electrons. The number of hydrogen-bond acceptors (Lipinski definition) is 2. The van der Waals surface area contributed by atoms with Gasteiger partial charge in [-0.1, -0.05) is 24.3 Å². The monoisotopic (exact) mass is 212 g/mol. The van der Waals surface area contributed by atoms with Crippen molar-refractivity contribution in [1.29, 1.82) is 0 Å². The van der Waals surface area contributed by atoms with Crippen molar-refractivity contribution in [3.05, 3.63) is 53.3 Å². The molecule has 1 aromatic carbocycles. The summed E-state index contributed by atoms with van der Waals surface area (Å²) in [7, 11) is 0. The van der Waals surface area contributed by atoms with Crippen molar-refractivity contribution in [2.75, 3.05) is 0 Å². The van der Waals surface area contributed by atoms with Gasteiger partial charge in [0.05, 0.1) is 5.69 Å². The molecule has 0 atom stereocenters. The van der Waals surface area contributed by atoms with Crippen LogP contribution in [0.5, 0.6) is 0 Å². The van der Waals surface area contributed by atoms with E-state index < -0.39 is 0 Å². The smallest absolute Gasteiger partial charge is 0.0539 e. The van der Waals surface area contributed by atoms with Crippen LogP contribution in [0.4, 0.5) is 0 Å². The minimum absolute atomic E-state index is 0.493. The normalized spacial score (nSPS) is 10.4. The van der Waals surface area contributed by atoms with E-state index >= 15 is 0 Å². The molecule has 0 amide bonds. The van der Waals surface area contributed by atoms with Crippen LogP contribution in [0.1, 0.15) is 16.8 Å². The van der Waals surface area contributed by atoms with Gasteiger partial charge in [-0.15, -0.1) is 0 Å². The van der Waals surface area contributed by atoms with Crippen LogP contribution in [0.2, 0.25) is 0 Å². The minimum Gasteiger partial charge on any atom is -0.325 e. The maximum absolute atomic E-state index is 5.53. The van der Waals surface area contributed by atoms with Gasteiger partial charge in [-0.3, -0.25) is 4.98 Å². The van der Waals surface area contributed by atoms with Crippen LogP contribution in [0.25, 0.3) is 11.1 Å².